The van der Waals surface area contributed by atoms with Gasteiger partial charge in [0.1, 0.15) is 0 Å². The van der Waals surface area contributed by atoms with Gasteiger partial charge in [-0.2, -0.15) is 0 Å². The van der Waals surface area contributed by atoms with E-state index >= 15 is 0 Å². The van der Waals surface area contributed by atoms with E-state index < -0.39 is 5.97 Å². The molecule has 0 spiro atoms. The molecule has 0 aromatic rings. The number of piperidine rings is 1. The SMILES string of the molecule is C=C/C(Cl)=C\C=C(/CN1CCC(C(=O)O)CC1)C1CN(C(=O)C2CCN(C3CCCC3)C2)C[C@@H]1C. The Morgan fingerprint density at radius 2 is 1.66 bits per heavy atom. The number of aliphatic carboxylic acids is 1. The molecule has 7 heteroatoms. The summed E-state index contributed by atoms with van der Waals surface area (Å²) in [6.45, 7) is 11.9. The van der Waals surface area contributed by atoms with Crippen LogP contribution in [-0.4, -0.2) is 83.5 Å². The lowest BCUT2D eigenvalue weighted by atomic mass is 9.88. The fraction of sp³-hybridized carbons (Fsp3) is 0.714. The molecule has 0 aromatic carbocycles. The van der Waals surface area contributed by atoms with Gasteiger partial charge < -0.3 is 10.0 Å². The summed E-state index contributed by atoms with van der Waals surface area (Å²) >= 11 is 6.23. The third kappa shape index (κ3) is 6.58. The Labute approximate surface area is 215 Å². The smallest absolute Gasteiger partial charge is 0.306 e. The predicted molar refractivity (Wildman–Crippen MR) is 140 cm³/mol. The minimum absolute atomic E-state index is 0.138. The van der Waals surface area contributed by atoms with Crippen molar-refractivity contribution in [2.45, 2.75) is 57.9 Å². The Hall–Kier alpha value is -1.63. The van der Waals surface area contributed by atoms with Crippen molar-refractivity contribution in [2.75, 3.05) is 45.8 Å². The molecule has 0 bridgehead atoms. The van der Waals surface area contributed by atoms with Gasteiger partial charge in [0, 0.05) is 43.2 Å². The number of hydrogen-bond acceptors (Lipinski definition) is 4. The lowest BCUT2D eigenvalue weighted by Gasteiger charge is -2.32. The normalized spacial score (nSPS) is 30.3. The first-order valence-corrected chi connectivity index (χ1v) is 13.9. The molecule has 1 aliphatic carbocycles. The van der Waals surface area contributed by atoms with Gasteiger partial charge in [-0.25, -0.2) is 0 Å². The summed E-state index contributed by atoms with van der Waals surface area (Å²) in [5.74, 6) is 0.222. The van der Waals surface area contributed by atoms with Crippen LogP contribution in [0.25, 0.3) is 0 Å². The topological polar surface area (TPSA) is 64.1 Å². The van der Waals surface area contributed by atoms with Crippen molar-refractivity contribution in [1.29, 1.82) is 0 Å². The van der Waals surface area contributed by atoms with Gasteiger partial charge in [-0.1, -0.05) is 55.7 Å². The second-order valence-corrected chi connectivity index (χ2v) is 11.6. The summed E-state index contributed by atoms with van der Waals surface area (Å²) in [7, 11) is 0. The summed E-state index contributed by atoms with van der Waals surface area (Å²) < 4.78 is 0. The van der Waals surface area contributed by atoms with Crippen LogP contribution < -0.4 is 0 Å². The van der Waals surface area contributed by atoms with E-state index in [0.717, 1.165) is 52.2 Å². The number of likely N-dealkylation sites (tertiary alicyclic amines) is 3. The Balaban J connectivity index is 1.39. The molecule has 3 saturated heterocycles. The fourth-order valence-corrected chi connectivity index (χ4v) is 6.69. The number of carbonyl (C=O) groups is 2. The molecule has 0 radical (unpaired) electrons. The molecule has 1 amide bonds. The Morgan fingerprint density at radius 3 is 2.31 bits per heavy atom. The van der Waals surface area contributed by atoms with Gasteiger partial charge in [0.2, 0.25) is 5.91 Å². The quantitative estimate of drug-likeness (QED) is 0.498. The number of rotatable bonds is 8. The summed E-state index contributed by atoms with van der Waals surface area (Å²) in [5.41, 5.74) is 1.28. The second kappa shape index (κ2) is 12.1. The van der Waals surface area contributed by atoms with E-state index in [1.807, 2.05) is 6.08 Å². The van der Waals surface area contributed by atoms with Crippen LogP contribution in [0.3, 0.4) is 0 Å². The molecule has 6 nitrogen and oxygen atoms in total. The van der Waals surface area contributed by atoms with Gasteiger partial charge in [0.15, 0.2) is 0 Å². The Morgan fingerprint density at radius 1 is 0.971 bits per heavy atom. The van der Waals surface area contributed by atoms with Crippen molar-refractivity contribution in [1.82, 2.24) is 14.7 Å². The maximum atomic E-state index is 13.5. The van der Waals surface area contributed by atoms with Crippen LogP contribution in [0.2, 0.25) is 0 Å². The third-order valence-corrected chi connectivity index (χ3v) is 9.09. The highest BCUT2D eigenvalue weighted by molar-refractivity contribution is 6.31. The number of amides is 1. The third-order valence-electron chi connectivity index (χ3n) is 8.80. The van der Waals surface area contributed by atoms with Crippen LogP contribution in [0, 0.1) is 23.7 Å². The number of carboxylic acid groups (broad SMARTS) is 1. The lowest BCUT2D eigenvalue weighted by molar-refractivity contribution is -0.143. The van der Waals surface area contributed by atoms with Crippen LogP contribution in [0.1, 0.15) is 51.9 Å². The van der Waals surface area contributed by atoms with Gasteiger partial charge in [0.25, 0.3) is 0 Å². The molecule has 4 rings (SSSR count). The average Bonchev–Trinajstić information content (AvgIpc) is 3.62. The van der Waals surface area contributed by atoms with Crippen LogP contribution in [0.5, 0.6) is 0 Å². The van der Waals surface area contributed by atoms with E-state index in [-0.39, 0.29) is 17.8 Å². The maximum absolute atomic E-state index is 13.5. The van der Waals surface area contributed by atoms with E-state index in [0.29, 0.717) is 35.7 Å². The molecule has 1 N–H and O–H groups in total. The zero-order valence-corrected chi connectivity index (χ0v) is 22.0. The van der Waals surface area contributed by atoms with Gasteiger partial charge in [-0.15, -0.1) is 0 Å². The largest absolute Gasteiger partial charge is 0.481 e. The standard InChI is InChI=1S/C28H42ClN3O3/c1-3-24(29)9-8-22(17-30-13-10-21(11-14-30)28(34)35)26-19-32(16-20(26)2)27(33)23-12-15-31(18-23)25-6-4-5-7-25/h3,8-9,20-21,23,25-26H,1,4-7,10-19H2,2H3,(H,34,35)/b22-8+,24-9+/t20-,23?,26?/m0/s1. The minimum atomic E-state index is -0.682. The number of hydrogen-bond donors (Lipinski definition) is 1. The van der Waals surface area contributed by atoms with Crippen LogP contribution in [-0.2, 0) is 9.59 Å². The monoisotopic (exact) mass is 503 g/mol. The average molecular weight is 504 g/mol. The van der Waals surface area contributed by atoms with E-state index in [1.54, 1.807) is 6.08 Å². The maximum Gasteiger partial charge on any atom is 0.306 e. The molecule has 4 aliphatic rings. The lowest BCUT2D eigenvalue weighted by Crippen LogP contribution is -2.39. The summed E-state index contributed by atoms with van der Waals surface area (Å²) in [6, 6.07) is 0.694. The van der Waals surface area contributed by atoms with Gasteiger partial charge in [0.05, 0.1) is 11.8 Å². The summed E-state index contributed by atoms with van der Waals surface area (Å²) in [5, 5.41) is 9.93. The highest BCUT2D eigenvalue weighted by Crippen LogP contribution is 2.34. The van der Waals surface area contributed by atoms with Crippen molar-refractivity contribution in [2.24, 2.45) is 23.7 Å². The predicted octanol–water partition coefficient (Wildman–Crippen LogP) is 4.38. The zero-order valence-electron chi connectivity index (χ0n) is 21.2. The van der Waals surface area contributed by atoms with Crippen LogP contribution in [0.15, 0.2) is 35.4 Å². The molecular formula is C28H42ClN3O3. The highest BCUT2D eigenvalue weighted by Gasteiger charge is 2.40. The summed E-state index contributed by atoms with van der Waals surface area (Å²) in [4.78, 5) is 31.9. The minimum Gasteiger partial charge on any atom is -0.481 e. The van der Waals surface area contributed by atoms with Gasteiger partial charge >= 0.3 is 5.97 Å². The molecule has 3 heterocycles. The Kier molecular flexibility index (Phi) is 9.12. The number of halogens is 1. The van der Waals surface area contributed by atoms with E-state index in [9.17, 15) is 14.7 Å². The number of nitrogens with zero attached hydrogens (tertiary/aromatic N) is 3. The number of allylic oxidation sites excluding steroid dienone is 4. The van der Waals surface area contributed by atoms with Crippen molar-refractivity contribution in [3.8, 4) is 0 Å². The van der Waals surface area contributed by atoms with Crippen molar-refractivity contribution >= 4 is 23.5 Å². The van der Waals surface area contributed by atoms with Crippen LogP contribution >= 0.6 is 11.6 Å². The number of carboxylic acids is 1. The van der Waals surface area contributed by atoms with Crippen molar-refractivity contribution in [3.63, 3.8) is 0 Å². The molecule has 1 saturated carbocycles. The van der Waals surface area contributed by atoms with Crippen molar-refractivity contribution < 1.29 is 14.7 Å². The van der Waals surface area contributed by atoms with Crippen LogP contribution in [0.4, 0.5) is 0 Å². The molecule has 2 unspecified atom stereocenters. The first-order valence-electron chi connectivity index (χ1n) is 13.5. The van der Waals surface area contributed by atoms with E-state index in [1.165, 1.54) is 31.3 Å². The second-order valence-electron chi connectivity index (χ2n) is 11.1. The Bertz CT molecular complexity index is 842. The first-order chi connectivity index (χ1) is 16.9. The molecule has 35 heavy (non-hydrogen) atoms. The molecule has 3 atom stereocenters. The molecule has 0 aromatic heterocycles. The van der Waals surface area contributed by atoms with Crippen molar-refractivity contribution in [3.05, 3.63) is 35.4 Å². The van der Waals surface area contributed by atoms with E-state index in [2.05, 4.69) is 34.3 Å². The number of carbonyl (C=O) groups excluding carboxylic acids is 1. The fourth-order valence-electron chi connectivity index (χ4n) is 6.62. The highest BCUT2D eigenvalue weighted by atomic mass is 35.5. The van der Waals surface area contributed by atoms with Gasteiger partial charge in [-0.05, 0) is 63.7 Å². The molecule has 3 aliphatic heterocycles. The zero-order chi connectivity index (χ0) is 24.9. The first kappa shape index (κ1) is 26.4. The molecule has 194 valence electrons. The molecular weight excluding hydrogens is 462 g/mol. The van der Waals surface area contributed by atoms with Gasteiger partial charge in [-0.3, -0.25) is 19.4 Å². The van der Waals surface area contributed by atoms with E-state index in [4.69, 9.17) is 11.6 Å². The molecule has 4 fully saturated rings. The summed E-state index contributed by atoms with van der Waals surface area (Å²) in [6.07, 6.45) is 13.3.